The lowest BCUT2D eigenvalue weighted by Crippen LogP contribution is -2.35. The summed E-state index contributed by atoms with van der Waals surface area (Å²) >= 11 is 0. The molecular weight excluding hydrogens is 244 g/mol. The molecule has 1 aliphatic rings. The standard InChI is InChI=1S/C16H23F2N/c1-16(2)8-6-14(7-9-16)19-11-12-4-3-5-13(10-12)15(17)18/h3-5,10,14-15,19H,6-9,11H2,1-2H3. The fourth-order valence-corrected chi connectivity index (χ4v) is 2.70. The first kappa shape index (κ1) is 14.4. The van der Waals surface area contributed by atoms with Crippen molar-refractivity contribution in [3.8, 4) is 0 Å². The van der Waals surface area contributed by atoms with E-state index in [1.165, 1.54) is 31.7 Å². The predicted octanol–water partition coefficient (Wildman–Crippen LogP) is 4.68. The average molecular weight is 267 g/mol. The Labute approximate surface area is 114 Å². The molecule has 0 aliphatic heterocycles. The molecule has 1 N–H and O–H groups in total. The predicted molar refractivity (Wildman–Crippen MR) is 74.3 cm³/mol. The van der Waals surface area contributed by atoms with Crippen LogP contribution in [0.3, 0.4) is 0 Å². The molecule has 0 spiro atoms. The van der Waals surface area contributed by atoms with E-state index in [1.807, 2.05) is 6.07 Å². The molecule has 1 aromatic carbocycles. The Kier molecular flexibility index (Phi) is 4.56. The fraction of sp³-hybridized carbons (Fsp3) is 0.625. The van der Waals surface area contributed by atoms with E-state index in [0.29, 0.717) is 18.0 Å². The van der Waals surface area contributed by atoms with E-state index in [4.69, 9.17) is 0 Å². The molecule has 0 heterocycles. The van der Waals surface area contributed by atoms with Gasteiger partial charge in [0.2, 0.25) is 0 Å². The van der Waals surface area contributed by atoms with Crippen LogP contribution < -0.4 is 5.32 Å². The first-order chi connectivity index (χ1) is 8.96. The summed E-state index contributed by atoms with van der Waals surface area (Å²) in [5.74, 6) is 0. The second kappa shape index (κ2) is 6.00. The van der Waals surface area contributed by atoms with Crippen LogP contribution >= 0.6 is 0 Å². The summed E-state index contributed by atoms with van der Waals surface area (Å²) in [7, 11) is 0. The summed E-state index contributed by atoms with van der Waals surface area (Å²) in [5, 5.41) is 3.50. The lowest BCUT2D eigenvalue weighted by Gasteiger charge is -2.34. The zero-order valence-corrected chi connectivity index (χ0v) is 11.8. The Bertz CT molecular complexity index is 405. The van der Waals surface area contributed by atoms with Crippen LogP contribution in [0.1, 0.15) is 57.1 Å². The summed E-state index contributed by atoms with van der Waals surface area (Å²) in [4.78, 5) is 0. The molecule has 1 fully saturated rings. The van der Waals surface area contributed by atoms with Gasteiger partial charge in [0, 0.05) is 18.2 Å². The van der Waals surface area contributed by atoms with Gasteiger partial charge < -0.3 is 5.32 Å². The van der Waals surface area contributed by atoms with E-state index < -0.39 is 6.43 Å². The van der Waals surface area contributed by atoms with Crippen molar-refractivity contribution in [3.05, 3.63) is 35.4 Å². The average Bonchev–Trinajstić information content (AvgIpc) is 2.38. The van der Waals surface area contributed by atoms with Gasteiger partial charge in [-0.2, -0.15) is 0 Å². The smallest absolute Gasteiger partial charge is 0.263 e. The summed E-state index contributed by atoms with van der Waals surface area (Å²) in [6, 6.07) is 7.23. The number of rotatable bonds is 4. The van der Waals surface area contributed by atoms with Gasteiger partial charge in [0.15, 0.2) is 0 Å². The molecule has 0 bridgehead atoms. The maximum Gasteiger partial charge on any atom is 0.263 e. The van der Waals surface area contributed by atoms with E-state index >= 15 is 0 Å². The molecule has 106 valence electrons. The number of benzene rings is 1. The van der Waals surface area contributed by atoms with Crippen LogP contribution in [0.2, 0.25) is 0 Å². The van der Waals surface area contributed by atoms with E-state index in [-0.39, 0.29) is 5.56 Å². The van der Waals surface area contributed by atoms with E-state index in [1.54, 1.807) is 12.1 Å². The number of halogens is 2. The van der Waals surface area contributed by atoms with Crippen LogP contribution in [0.25, 0.3) is 0 Å². The van der Waals surface area contributed by atoms with Crippen LogP contribution in [-0.2, 0) is 6.54 Å². The number of hydrogen-bond donors (Lipinski definition) is 1. The minimum Gasteiger partial charge on any atom is -0.310 e. The Balaban J connectivity index is 1.84. The zero-order valence-electron chi connectivity index (χ0n) is 11.8. The van der Waals surface area contributed by atoms with Gasteiger partial charge in [0.1, 0.15) is 0 Å². The highest BCUT2D eigenvalue weighted by molar-refractivity contribution is 5.24. The molecule has 0 saturated heterocycles. The highest BCUT2D eigenvalue weighted by atomic mass is 19.3. The molecule has 0 aromatic heterocycles. The van der Waals surface area contributed by atoms with Crippen molar-refractivity contribution in [2.75, 3.05) is 0 Å². The van der Waals surface area contributed by atoms with Gasteiger partial charge in [-0.05, 0) is 42.7 Å². The second-order valence-corrected chi connectivity index (χ2v) is 6.37. The molecule has 3 heteroatoms. The molecule has 1 nitrogen and oxygen atoms in total. The van der Waals surface area contributed by atoms with Gasteiger partial charge in [0.25, 0.3) is 6.43 Å². The molecule has 0 atom stereocenters. The molecule has 1 saturated carbocycles. The van der Waals surface area contributed by atoms with E-state index in [2.05, 4.69) is 19.2 Å². The lowest BCUT2D eigenvalue weighted by molar-refractivity contribution is 0.151. The molecule has 0 radical (unpaired) electrons. The van der Waals surface area contributed by atoms with E-state index in [9.17, 15) is 8.78 Å². The summed E-state index contributed by atoms with van der Waals surface area (Å²) in [5.41, 5.74) is 1.53. The molecule has 1 aliphatic carbocycles. The zero-order chi connectivity index (χ0) is 13.9. The Hall–Kier alpha value is -0.960. The maximum atomic E-state index is 12.6. The third kappa shape index (κ3) is 4.27. The Morgan fingerprint density at radius 3 is 2.58 bits per heavy atom. The largest absolute Gasteiger partial charge is 0.310 e. The molecular formula is C16H23F2N. The first-order valence-corrected chi connectivity index (χ1v) is 7.07. The van der Waals surface area contributed by atoms with Gasteiger partial charge >= 0.3 is 0 Å². The van der Waals surface area contributed by atoms with Crippen molar-refractivity contribution in [3.63, 3.8) is 0 Å². The van der Waals surface area contributed by atoms with Gasteiger partial charge in [-0.3, -0.25) is 0 Å². The minimum atomic E-state index is -2.38. The van der Waals surface area contributed by atoms with Gasteiger partial charge in [-0.1, -0.05) is 32.0 Å². The van der Waals surface area contributed by atoms with Crippen molar-refractivity contribution >= 4 is 0 Å². The summed E-state index contributed by atoms with van der Waals surface area (Å²) in [6.07, 6.45) is 2.46. The van der Waals surface area contributed by atoms with E-state index in [0.717, 1.165) is 5.56 Å². The van der Waals surface area contributed by atoms with Crippen molar-refractivity contribution in [1.82, 2.24) is 5.32 Å². The third-order valence-corrected chi connectivity index (χ3v) is 4.14. The summed E-state index contributed by atoms with van der Waals surface area (Å²) in [6.45, 7) is 5.32. The van der Waals surface area contributed by atoms with Crippen LogP contribution in [0, 0.1) is 5.41 Å². The fourth-order valence-electron chi connectivity index (χ4n) is 2.70. The van der Waals surface area contributed by atoms with Gasteiger partial charge in [0.05, 0.1) is 0 Å². The lowest BCUT2D eigenvalue weighted by atomic mass is 9.75. The Morgan fingerprint density at radius 1 is 1.26 bits per heavy atom. The topological polar surface area (TPSA) is 12.0 Å². The molecule has 0 amide bonds. The summed E-state index contributed by atoms with van der Waals surface area (Å²) < 4.78 is 25.2. The van der Waals surface area contributed by atoms with Crippen molar-refractivity contribution in [2.45, 2.75) is 58.5 Å². The van der Waals surface area contributed by atoms with Crippen LogP contribution in [0.5, 0.6) is 0 Å². The minimum absolute atomic E-state index is 0.115. The molecule has 19 heavy (non-hydrogen) atoms. The molecule has 2 rings (SSSR count). The second-order valence-electron chi connectivity index (χ2n) is 6.37. The number of hydrogen-bond acceptors (Lipinski definition) is 1. The molecule has 0 unspecified atom stereocenters. The quantitative estimate of drug-likeness (QED) is 0.835. The maximum absolute atomic E-state index is 12.6. The highest BCUT2D eigenvalue weighted by Gasteiger charge is 2.26. The number of nitrogens with one attached hydrogen (secondary N) is 1. The van der Waals surface area contributed by atoms with Crippen LogP contribution in [0.15, 0.2) is 24.3 Å². The van der Waals surface area contributed by atoms with Crippen molar-refractivity contribution in [1.29, 1.82) is 0 Å². The highest BCUT2D eigenvalue weighted by Crippen LogP contribution is 2.35. The first-order valence-electron chi connectivity index (χ1n) is 7.07. The van der Waals surface area contributed by atoms with Gasteiger partial charge in [-0.25, -0.2) is 8.78 Å². The normalized spacial score (nSPS) is 19.8. The SMILES string of the molecule is CC1(C)CCC(NCc2cccc(C(F)F)c2)CC1. The van der Waals surface area contributed by atoms with Crippen molar-refractivity contribution in [2.24, 2.45) is 5.41 Å². The third-order valence-electron chi connectivity index (χ3n) is 4.14. The monoisotopic (exact) mass is 267 g/mol. The van der Waals surface area contributed by atoms with Crippen LogP contribution in [-0.4, -0.2) is 6.04 Å². The van der Waals surface area contributed by atoms with Crippen molar-refractivity contribution < 1.29 is 8.78 Å². The number of alkyl halides is 2. The van der Waals surface area contributed by atoms with Gasteiger partial charge in [-0.15, -0.1) is 0 Å². The Morgan fingerprint density at radius 2 is 1.95 bits per heavy atom. The van der Waals surface area contributed by atoms with Crippen LogP contribution in [0.4, 0.5) is 8.78 Å². The molecule has 1 aromatic rings.